The van der Waals surface area contributed by atoms with Gasteiger partial charge in [-0.1, -0.05) is 42.5 Å². The van der Waals surface area contributed by atoms with Crippen molar-refractivity contribution in [2.75, 3.05) is 0 Å². The number of aryl methyl sites for hydroxylation is 1. The van der Waals surface area contributed by atoms with Gasteiger partial charge < -0.3 is 5.11 Å². The van der Waals surface area contributed by atoms with Crippen LogP contribution in [0.4, 0.5) is 11.4 Å². The summed E-state index contributed by atoms with van der Waals surface area (Å²) in [5.74, 6) is 0.141. The van der Waals surface area contributed by atoms with Crippen LogP contribution in [0.3, 0.4) is 0 Å². The molecule has 21 heavy (non-hydrogen) atoms. The van der Waals surface area contributed by atoms with E-state index in [1.54, 1.807) is 6.07 Å². The van der Waals surface area contributed by atoms with Crippen molar-refractivity contribution < 1.29 is 5.11 Å². The zero-order valence-corrected chi connectivity index (χ0v) is 12.0. The molecule has 104 valence electrons. The molecule has 0 aromatic heterocycles. The fourth-order valence-corrected chi connectivity index (χ4v) is 2.30. The molecule has 0 heterocycles. The number of phenolic OH excluding ortho intramolecular Hbond substituents is 1. The lowest BCUT2D eigenvalue weighted by atomic mass is 10.1. The van der Waals surface area contributed by atoms with Gasteiger partial charge in [0, 0.05) is 5.39 Å². The van der Waals surface area contributed by atoms with Crippen molar-refractivity contribution in [2.45, 2.75) is 13.8 Å². The molecule has 0 radical (unpaired) electrons. The predicted octanol–water partition coefficient (Wildman–Crippen LogP) is 5.58. The van der Waals surface area contributed by atoms with E-state index in [-0.39, 0.29) is 5.75 Å². The van der Waals surface area contributed by atoms with Crippen molar-refractivity contribution >= 4 is 22.1 Å². The van der Waals surface area contributed by atoms with Crippen molar-refractivity contribution in [2.24, 2.45) is 10.2 Å². The van der Waals surface area contributed by atoms with E-state index in [9.17, 15) is 5.11 Å². The normalized spacial score (nSPS) is 11.3. The highest BCUT2D eigenvalue weighted by Crippen LogP contribution is 2.36. The molecule has 0 fully saturated rings. The van der Waals surface area contributed by atoms with E-state index in [0.29, 0.717) is 5.69 Å². The van der Waals surface area contributed by atoms with Gasteiger partial charge >= 0.3 is 0 Å². The monoisotopic (exact) mass is 276 g/mol. The fraction of sp³-hybridized carbons (Fsp3) is 0.111. The van der Waals surface area contributed by atoms with Crippen LogP contribution in [-0.4, -0.2) is 5.11 Å². The molecular weight excluding hydrogens is 260 g/mol. The van der Waals surface area contributed by atoms with E-state index >= 15 is 0 Å². The summed E-state index contributed by atoms with van der Waals surface area (Å²) >= 11 is 0. The van der Waals surface area contributed by atoms with E-state index in [4.69, 9.17) is 0 Å². The highest BCUT2D eigenvalue weighted by molar-refractivity contribution is 5.95. The smallest absolute Gasteiger partial charge is 0.143 e. The fourth-order valence-electron chi connectivity index (χ4n) is 2.30. The standard InChI is InChI=1S/C18H16N2O/c1-12-6-5-9-16(13(12)2)19-20-18-15-8-4-3-7-14(15)10-11-17(18)21/h3-11,21H,1-2H3. The molecule has 3 aromatic carbocycles. The van der Waals surface area contributed by atoms with Gasteiger partial charge in [0.25, 0.3) is 0 Å². The van der Waals surface area contributed by atoms with Crippen LogP contribution < -0.4 is 0 Å². The number of rotatable bonds is 2. The number of benzene rings is 3. The first-order valence-electron chi connectivity index (χ1n) is 6.85. The van der Waals surface area contributed by atoms with Crippen LogP contribution in [-0.2, 0) is 0 Å². The van der Waals surface area contributed by atoms with Crippen molar-refractivity contribution in [3.05, 3.63) is 65.7 Å². The molecule has 0 atom stereocenters. The minimum Gasteiger partial charge on any atom is -0.506 e. The molecule has 3 aromatic rings. The molecule has 0 amide bonds. The van der Waals surface area contributed by atoms with Gasteiger partial charge in [0.05, 0.1) is 5.69 Å². The number of aromatic hydroxyl groups is 1. The number of fused-ring (bicyclic) bond motifs is 1. The van der Waals surface area contributed by atoms with Gasteiger partial charge in [0.2, 0.25) is 0 Å². The molecule has 0 spiro atoms. The third-order valence-corrected chi connectivity index (χ3v) is 3.71. The summed E-state index contributed by atoms with van der Waals surface area (Å²) in [6, 6.07) is 17.3. The number of azo groups is 1. The number of nitrogens with zero attached hydrogens (tertiary/aromatic N) is 2. The van der Waals surface area contributed by atoms with E-state index in [1.165, 1.54) is 5.56 Å². The SMILES string of the molecule is Cc1cccc(N=Nc2c(O)ccc3ccccc23)c1C. The van der Waals surface area contributed by atoms with Crippen molar-refractivity contribution in [3.63, 3.8) is 0 Å². The first kappa shape index (κ1) is 13.3. The largest absolute Gasteiger partial charge is 0.506 e. The molecule has 3 rings (SSSR count). The lowest BCUT2D eigenvalue weighted by Gasteiger charge is -2.05. The highest BCUT2D eigenvalue weighted by Gasteiger charge is 2.06. The van der Waals surface area contributed by atoms with Gasteiger partial charge in [-0.25, -0.2) is 0 Å². The lowest BCUT2D eigenvalue weighted by molar-refractivity contribution is 0.477. The predicted molar refractivity (Wildman–Crippen MR) is 85.7 cm³/mol. The quantitative estimate of drug-likeness (QED) is 0.610. The van der Waals surface area contributed by atoms with Crippen LogP contribution in [0.2, 0.25) is 0 Å². The van der Waals surface area contributed by atoms with Gasteiger partial charge in [-0.2, -0.15) is 5.11 Å². The Morgan fingerprint density at radius 3 is 2.48 bits per heavy atom. The van der Waals surface area contributed by atoms with Crippen LogP contribution >= 0.6 is 0 Å². The van der Waals surface area contributed by atoms with Crippen molar-refractivity contribution in [1.29, 1.82) is 0 Å². The minimum atomic E-state index is 0.141. The van der Waals surface area contributed by atoms with Crippen molar-refractivity contribution in [1.82, 2.24) is 0 Å². The Bertz CT molecular complexity index is 838. The van der Waals surface area contributed by atoms with Crippen LogP contribution in [0.1, 0.15) is 11.1 Å². The van der Waals surface area contributed by atoms with Gasteiger partial charge in [0.15, 0.2) is 0 Å². The Hall–Kier alpha value is -2.68. The van der Waals surface area contributed by atoms with Gasteiger partial charge in [-0.3, -0.25) is 0 Å². The zero-order valence-electron chi connectivity index (χ0n) is 12.0. The average Bonchev–Trinajstić information content (AvgIpc) is 2.50. The molecule has 0 unspecified atom stereocenters. The molecule has 0 aliphatic rings. The molecule has 1 N–H and O–H groups in total. The third-order valence-electron chi connectivity index (χ3n) is 3.71. The summed E-state index contributed by atoms with van der Waals surface area (Å²) in [5, 5.41) is 20.6. The Labute approximate surface area is 123 Å². The first-order valence-corrected chi connectivity index (χ1v) is 6.85. The summed E-state index contributed by atoms with van der Waals surface area (Å²) in [6.45, 7) is 4.07. The second-order valence-electron chi connectivity index (χ2n) is 5.07. The Kier molecular flexibility index (Phi) is 3.40. The molecular formula is C18H16N2O. The summed E-state index contributed by atoms with van der Waals surface area (Å²) in [7, 11) is 0. The summed E-state index contributed by atoms with van der Waals surface area (Å²) in [6.07, 6.45) is 0. The second kappa shape index (κ2) is 5.37. The van der Waals surface area contributed by atoms with Crippen LogP contribution in [0.5, 0.6) is 5.75 Å². The van der Waals surface area contributed by atoms with Crippen LogP contribution in [0.15, 0.2) is 64.8 Å². The Morgan fingerprint density at radius 1 is 0.810 bits per heavy atom. The Morgan fingerprint density at radius 2 is 1.62 bits per heavy atom. The van der Waals surface area contributed by atoms with E-state index in [2.05, 4.69) is 10.2 Å². The minimum absolute atomic E-state index is 0.141. The maximum atomic E-state index is 10.1. The zero-order chi connectivity index (χ0) is 14.8. The maximum Gasteiger partial charge on any atom is 0.143 e. The topological polar surface area (TPSA) is 45.0 Å². The van der Waals surface area contributed by atoms with Crippen LogP contribution in [0.25, 0.3) is 10.8 Å². The number of phenols is 1. The third kappa shape index (κ3) is 2.50. The van der Waals surface area contributed by atoms with Gasteiger partial charge in [-0.05, 0) is 42.5 Å². The highest BCUT2D eigenvalue weighted by atomic mass is 16.3. The Balaban J connectivity index is 2.11. The van der Waals surface area contributed by atoms with E-state index in [1.807, 2.05) is 62.4 Å². The van der Waals surface area contributed by atoms with Crippen molar-refractivity contribution in [3.8, 4) is 5.75 Å². The van der Waals surface area contributed by atoms with Gasteiger partial charge in [0.1, 0.15) is 11.4 Å². The molecule has 0 aliphatic carbocycles. The molecule has 0 bridgehead atoms. The van der Waals surface area contributed by atoms with Gasteiger partial charge in [-0.15, -0.1) is 5.11 Å². The van der Waals surface area contributed by atoms with Crippen LogP contribution in [0, 0.1) is 13.8 Å². The van der Waals surface area contributed by atoms with E-state index in [0.717, 1.165) is 22.0 Å². The average molecular weight is 276 g/mol. The maximum absolute atomic E-state index is 10.1. The molecule has 0 saturated carbocycles. The number of hydrogen-bond acceptors (Lipinski definition) is 3. The molecule has 3 nitrogen and oxygen atoms in total. The lowest BCUT2D eigenvalue weighted by Crippen LogP contribution is -1.79. The number of hydrogen-bond donors (Lipinski definition) is 1. The summed E-state index contributed by atoms with van der Waals surface area (Å²) < 4.78 is 0. The summed E-state index contributed by atoms with van der Waals surface area (Å²) in [4.78, 5) is 0. The molecule has 3 heteroatoms. The molecule has 0 saturated heterocycles. The molecule has 0 aliphatic heterocycles. The first-order chi connectivity index (χ1) is 10.2. The summed E-state index contributed by atoms with van der Waals surface area (Å²) in [5.41, 5.74) is 3.60. The van der Waals surface area contributed by atoms with E-state index < -0.39 is 0 Å². The second-order valence-corrected chi connectivity index (χ2v) is 5.07.